The number of allylic oxidation sites excluding steroid dienone is 4. The Morgan fingerprint density at radius 2 is 1.14 bits per heavy atom. The molecule has 4 aromatic rings. The first kappa shape index (κ1) is 50.3. The first-order valence-electron chi connectivity index (χ1n) is 23.4. The lowest BCUT2D eigenvalue weighted by atomic mass is 10.1. The molecular formula is C50H74N9O3S+. The Balaban J connectivity index is 0.000000452. The molecule has 0 saturated heterocycles. The van der Waals surface area contributed by atoms with Gasteiger partial charge in [-0.25, -0.2) is 18.5 Å². The topological polar surface area (TPSA) is 118 Å². The summed E-state index contributed by atoms with van der Waals surface area (Å²) in [5, 5.41) is 11.4. The van der Waals surface area contributed by atoms with Crippen molar-refractivity contribution in [1.82, 2.24) is 23.1 Å². The molecule has 12 nitrogen and oxygen atoms in total. The minimum Gasteiger partial charge on any atom is -0.845 e. The zero-order valence-corrected chi connectivity index (χ0v) is 40.0. The van der Waals surface area contributed by atoms with Crippen LogP contribution in [-0.2, 0) is 10.2 Å². The normalized spacial score (nSPS) is 12.7. The fourth-order valence-corrected chi connectivity index (χ4v) is 8.06. The highest BCUT2D eigenvalue weighted by molar-refractivity contribution is 7.88. The summed E-state index contributed by atoms with van der Waals surface area (Å²) in [6.07, 6.45) is 31.4. The Morgan fingerprint density at radius 1 is 0.651 bits per heavy atom. The molecule has 0 spiro atoms. The molecule has 0 amide bonds. The van der Waals surface area contributed by atoms with Crippen LogP contribution < -0.4 is 19.5 Å². The van der Waals surface area contributed by atoms with Crippen molar-refractivity contribution in [2.24, 2.45) is 4.40 Å². The Kier molecular flexibility index (Phi) is 21.6. The standard InChI is InChI=1S/C43H68N4.C7H7N5O3S/c1-8-14-30-44(31-15-9-2)38-20-24-40(25-21-38)47(41-26-22-39(23-27-41)45(32-16-10-3)33-17-11-4)43-29-28-42(36-37(43)7)46(34-18-12-5)35-19-13-6;13-7(11-3-1-8-5-11)10-16(14,15)12-4-2-9-6-12/h20-29,36H,8-19,30-35H2,1-7H3;1-6H,(H,10,13)/q+2;/p-1. The average molecular weight is 881 g/mol. The van der Waals surface area contributed by atoms with Crippen molar-refractivity contribution in [3.8, 4) is 0 Å². The molecule has 0 fully saturated rings. The molecule has 0 atom stereocenters. The summed E-state index contributed by atoms with van der Waals surface area (Å²) in [5.74, 6) is 0. The van der Waals surface area contributed by atoms with E-state index in [9.17, 15) is 13.5 Å². The lowest BCUT2D eigenvalue weighted by Gasteiger charge is -2.25. The summed E-state index contributed by atoms with van der Waals surface area (Å²) < 4.78 is 32.8. The third-order valence-corrected chi connectivity index (χ3v) is 12.2. The van der Waals surface area contributed by atoms with Gasteiger partial charge in [0.1, 0.15) is 19.4 Å². The fraction of sp³-hybridized carbons (Fsp3) is 0.500. The van der Waals surface area contributed by atoms with E-state index in [0.717, 1.165) is 60.5 Å². The molecular weight excluding hydrogens is 807 g/mol. The number of rotatable bonds is 24. The third kappa shape index (κ3) is 15.5. The molecule has 0 radical (unpaired) electrons. The zero-order chi connectivity index (χ0) is 45.5. The van der Waals surface area contributed by atoms with Crippen molar-refractivity contribution >= 4 is 50.4 Å². The molecule has 0 saturated carbocycles. The van der Waals surface area contributed by atoms with Crippen molar-refractivity contribution in [3.05, 3.63) is 110 Å². The summed E-state index contributed by atoms with van der Waals surface area (Å²) in [5.41, 5.74) is 9.02. The van der Waals surface area contributed by atoms with Gasteiger partial charge in [0.05, 0.1) is 12.3 Å². The largest absolute Gasteiger partial charge is 0.845 e. The Bertz CT molecular complexity index is 2160. The van der Waals surface area contributed by atoms with Crippen LogP contribution in [-0.4, -0.2) is 88.2 Å². The lowest BCUT2D eigenvalue weighted by Crippen LogP contribution is -2.28. The SMILES string of the molecule is CCCCN(CCCC)c1ccc([N+](=C2C=CC(=[N+](CCCC)CCCC)C=C2)c2ccc(N(CCCC)CCCC)cc2C)cc1.O=S(=O)(N=C([O-])n1ccnc1)n1ccnc1. The summed E-state index contributed by atoms with van der Waals surface area (Å²) in [7, 11) is -4.06. The molecule has 2 aromatic carbocycles. The fourth-order valence-electron chi connectivity index (χ4n) is 7.29. The Labute approximate surface area is 378 Å². The molecule has 13 heteroatoms. The first-order valence-corrected chi connectivity index (χ1v) is 24.8. The molecule has 342 valence electrons. The van der Waals surface area contributed by atoms with Crippen LogP contribution >= 0.6 is 0 Å². The number of imidazole rings is 2. The van der Waals surface area contributed by atoms with E-state index < -0.39 is 16.2 Å². The number of anilines is 2. The van der Waals surface area contributed by atoms with Gasteiger partial charge in [-0.3, -0.25) is 0 Å². The summed E-state index contributed by atoms with van der Waals surface area (Å²) >= 11 is 0. The van der Waals surface area contributed by atoms with E-state index in [1.54, 1.807) is 0 Å². The number of nitrogens with zero attached hydrogens (tertiary/aromatic N) is 9. The molecule has 63 heavy (non-hydrogen) atoms. The quantitative estimate of drug-likeness (QED) is 0.0298. The summed E-state index contributed by atoms with van der Waals surface area (Å²) in [6.45, 7) is 22.8. The number of aryl methyl sites for hydroxylation is 1. The number of hydrogen-bond donors (Lipinski definition) is 0. The molecule has 0 N–H and O–H groups in total. The Hall–Kier alpha value is -5.30. The highest BCUT2D eigenvalue weighted by Gasteiger charge is 2.24. The van der Waals surface area contributed by atoms with Gasteiger partial charge in [0.25, 0.3) is 0 Å². The van der Waals surface area contributed by atoms with Gasteiger partial charge in [-0.1, -0.05) is 80.1 Å². The number of benzene rings is 2. The van der Waals surface area contributed by atoms with Crippen LogP contribution in [0.1, 0.15) is 124 Å². The lowest BCUT2D eigenvalue weighted by molar-refractivity contribution is -0.527. The maximum absolute atomic E-state index is 11.5. The predicted octanol–water partition coefficient (Wildman–Crippen LogP) is 9.70. The smallest absolute Gasteiger partial charge is 0.350 e. The van der Waals surface area contributed by atoms with Gasteiger partial charge < -0.3 is 19.5 Å². The first-order chi connectivity index (χ1) is 30.6. The minimum absolute atomic E-state index is 0.738. The number of hydrogen-bond acceptors (Lipinski definition) is 7. The van der Waals surface area contributed by atoms with Crippen molar-refractivity contribution in [2.45, 2.75) is 126 Å². The van der Waals surface area contributed by atoms with Gasteiger partial charge >= 0.3 is 10.2 Å². The summed E-state index contributed by atoms with van der Waals surface area (Å²) in [6, 6.07) is 15.6. The highest BCUT2D eigenvalue weighted by atomic mass is 32.2. The van der Waals surface area contributed by atoms with E-state index in [1.807, 2.05) is 0 Å². The Morgan fingerprint density at radius 3 is 1.62 bits per heavy atom. The van der Waals surface area contributed by atoms with Crippen LogP contribution in [0.2, 0.25) is 0 Å². The highest BCUT2D eigenvalue weighted by Crippen LogP contribution is 2.31. The molecule has 0 aliphatic heterocycles. The van der Waals surface area contributed by atoms with Crippen LogP contribution in [0.25, 0.3) is 0 Å². The van der Waals surface area contributed by atoms with Crippen LogP contribution in [0.4, 0.5) is 22.7 Å². The molecule has 2 aromatic heterocycles. The van der Waals surface area contributed by atoms with E-state index in [-0.39, 0.29) is 0 Å². The molecule has 1 aliphatic rings. The van der Waals surface area contributed by atoms with Crippen LogP contribution in [0.5, 0.6) is 0 Å². The van der Waals surface area contributed by atoms with Crippen molar-refractivity contribution in [2.75, 3.05) is 49.1 Å². The molecule has 2 heterocycles. The second-order valence-corrected chi connectivity index (χ2v) is 17.6. The monoisotopic (exact) mass is 881 g/mol. The minimum atomic E-state index is -4.06. The maximum Gasteiger partial charge on any atom is 0.350 e. The van der Waals surface area contributed by atoms with E-state index >= 15 is 0 Å². The second-order valence-electron chi connectivity index (χ2n) is 16.1. The van der Waals surface area contributed by atoms with E-state index in [2.05, 4.69) is 149 Å². The van der Waals surface area contributed by atoms with Gasteiger partial charge in [-0.05, 0) is 56.9 Å². The zero-order valence-electron chi connectivity index (χ0n) is 39.2. The van der Waals surface area contributed by atoms with Crippen molar-refractivity contribution < 1.29 is 18.1 Å². The molecule has 0 unspecified atom stereocenters. The van der Waals surface area contributed by atoms with Crippen molar-refractivity contribution in [1.29, 1.82) is 0 Å². The van der Waals surface area contributed by atoms with Gasteiger partial charge in [0.15, 0.2) is 5.71 Å². The molecule has 1 aliphatic carbocycles. The van der Waals surface area contributed by atoms with E-state index in [4.69, 9.17) is 0 Å². The second kappa shape index (κ2) is 27.0. The third-order valence-electron chi connectivity index (χ3n) is 11.1. The maximum atomic E-state index is 11.5. The van der Waals surface area contributed by atoms with Gasteiger partial charge in [-0.2, -0.15) is 13.0 Å². The van der Waals surface area contributed by atoms with E-state index in [0.29, 0.717) is 0 Å². The van der Waals surface area contributed by atoms with Gasteiger partial charge in [0.2, 0.25) is 17.1 Å². The van der Waals surface area contributed by atoms with Crippen LogP contribution in [0.15, 0.2) is 109 Å². The van der Waals surface area contributed by atoms with Gasteiger partial charge in [-0.15, -0.1) is 4.40 Å². The number of unbranched alkanes of at least 4 members (excludes halogenated alkanes) is 6. The molecule has 0 bridgehead atoms. The average Bonchev–Trinajstić information content (AvgIpc) is 4.05. The van der Waals surface area contributed by atoms with Gasteiger partial charge in [0, 0.05) is 123 Å². The molecule has 5 rings (SSSR count). The summed E-state index contributed by atoms with van der Waals surface area (Å²) in [4.78, 5) is 12.3. The van der Waals surface area contributed by atoms with E-state index in [1.165, 1.54) is 142 Å². The number of aromatic nitrogens is 4. The van der Waals surface area contributed by atoms with Crippen LogP contribution in [0, 0.1) is 6.92 Å². The predicted molar refractivity (Wildman–Crippen MR) is 263 cm³/mol. The van der Waals surface area contributed by atoms with Crippen LogP contribution in [0.3, 0.4) is 0 Å². The van der Waals surface area contributed by atoms with Crippen molar-refractivity contribution in [3.63, 3.8) is 0 Å².